The standard InChI is InChI=1S/C21H21N3O4/c1-3-24(13-14-12-19(25)22-17-10-6-4-8-15(14)17)21(27)23-18-11-7-5-9-16(18)20(26)28-2/h4-12H,3,13H2,1-2H3,(H,22,25)(H,23,27). The number of nitrogens with zero attached hydrogens (tertiary/aromatic N) is 1. The number of hydrogen-bond acceptors (Lipinski definition) is 4. The maximum atomic E-state index is 12.8. The molecule has 0 aliphatic rings. The first-order valence-electron chi connectivity index (χ1n) is 8.87. The highest BCUT2D eigenvalue weighted by Crippen LogP contribution is 2.19. The lowest BCUT2D eigenvalue weighted by atomic mass is 10.1. The predicted molar refractivity (Wildman–Crippen MR) is 107 cm³/mol. The zero-order valence-electron chi connectivity index (χ0n) is 15.7. The minimum atomic E-state index is -0.528. The Kier molecular flexibility index (Phi) is 5.74. The minimum absolute atomic E-state index is 0.221. The molecule has 2 amide bonds. The maximum Gasteiger partial charge on any atom is 0.339 e. The molecule has 0 spiro atoms. The van der Waals surface area contributed by atoms with E-state index in [9.17, 15) is 14.4 Å². The van der Waals surface area contributed by atoms with Crippen LogP contribution < -0.4 is 10.9 Å². The Bertz CT molecular complexity index is 1070. The van der Waals surface area contributed by atoms with E-state index >= 15 is 0 Å². The van der Waals surface area contributed by atoms with E-state index < -0.39 is 5.97 Å². The molecular weight excluding hydrogens is 358 g/mol. The van der Waals surface area contributed by atoms with Crippen molar-refractivity contribution in [3.8, 4) is 0 Å². The van der Waals surface area contributed by atoms with Crippen LogP contribution in [0.15, 0.2) is 59.4 Å². The van der Waals surface area contributed by atoms with E-state index in [0.29, 0.717) is 12.2 Å². The highest BCUT2D eigenvalue weighted by molar-refractivity contribution is 6.00. The summed E-state index contributed by atoms with van der Waals surface area (Å²) in [5.41, 5.74) is 1.89. The molecule has 2 N–H and O–H groups in total. The number of nitrogens with one attached hydrogen (secondary N) is 2. The number of fused-ring (bicyclic) bond motifs is 1. The molecule has 0 bridgehead atoms. The van der Waals surface area contributed by atoms with Gasteiger partial charge in [0.05, 0.1) is 18.4 Å². The number of esters is 1. The van der Waals surface area contributed by atoms with Crippen molar-refractivity contribution in [2.75, 3.05) is 19.0 Å². The third-order valence-corrected chi connectivity index (χ3v) is 4.44. The molecule has 1 heterocycles. The van der Waals surface area contributed by atoms with Gasteiger partial charge in [-0.05, 0) is 30.7 Å². The molecule has 2 aromatic carbocycles. The van der Waals surface area contributed by atoms with Crippen molar-refractivity contribution >= 4 is 28.6 Å². The zero-order chi connectivity index (χ0) is 20.1. The van der Waals surface area contributed by atoms with Gasteiger partial charge >= 0.3 is 12.0 Å². The quantitative estimate of drug-likeness (QED) is 0.665. The lowest BCUT2D eigenvalue weighted by molar-refractivity contribution is 0.0602. The Hall–Kier alpha value is -3.61. The van der Waals surface area contributed by atoms with Gasteiger partial charge in [-0.2, -0.15) is 0 Å². The predicted octanol–water partition coefficient (Wildman–Crippen LogP) is 3.37. The van der Waals surface area contributed by atoms with Crippen LogP contribution in [0.2, 0.25) is 0 Å². The number of methoxy groups -OCH3 is 1. The fourth-order valence-corrected chi connectivity index (χ4v) is 3.01. The van der Waals surface area contributed by atoms with Crippen LogP contribution in [0, 0.1) is 0 Å². The molecule has 0 saturated heterocycles. The number of hydrogen-bond donors (Lipinski definition) is 2. The topological polar surface area (TPSA) is 91.5 Å². The number of urea groups is 1. The number of rotatable bonds is 5. The van der Waals surface area contributed by atoms with Gasteiger partial charge in [0.1, 0.15) is 0 Å². The van der Waals surface area contributed by atoms with E-state index in [-0.39, 0.29) is 23.7 Å². The summed E-state index contributed by atoms with van der Waals surface area (Å²) in [5, 5.41) is 3.64. The van der Waals surface area contributed by atoms with Gasteiger partial charge in [-0.3, -0.25) is 4.79 Å². The number of pyridine rings is 1. The first-order valence-corrected chi connectivity index (χ1v) is 8.87. The summed E-state index contributed by atoms with van der Waals surface area (Å²) < 4.78 is 4.76. The number of aromatic nitrogens is 1. The summed E-state index contributed by atoms with van der Waals surface area (Å²) in [6.45, 7) is 2.53. The van der Waals surface area contributed by atoms with Gasteiger partial charge in [-0.25, -0.2) is 9.59 Å². The number of carbonyl (C=O) groups is 2. The number of carbonyl (C=O) groups excluding carboxylic acids is 2. The van der Waals surface area contributed by atoms with E-state index in [0.717, 1.165) is 16.5 Å². The molecule has 144 valence electrons. The summed E-state index contributed by atoms with van der Waals surface area (Å²) in [6, 6.07) is 15.2. The molecule has 0 atom stereocenters. The van der Waals surface area contributed by atoms with Gasteiger partial charge < -0.3 is 19.9 Å². The van der Waals surface area contributed by atoms with Gasteiger partial charge in [0.2, 0.25) is 5.56 Å². The largest absolute Gasteiger partial charge is 0.465 e. The third-order valence-electron chi connectivity index (χ3n) is 4.44. The van der Waals surface area contributed by atoms with Crippen molar-refractivity contribution in [3.05, 3.63) is 76.1 Å². The van der Waals surface area contributed by atoms with Crippen LogP contribution in [-0.2, 0) is 11.3 Å². The van der Waals surface area contributed by atoms with Crippen molar-refractivity contribution < 1.29 is 14.3 Å². The molecule has 0 radical (unpaired) electrons. The number of para-hydroxylation sites is 2. The summed E-state index contributed by atoms with van der Waals surface area (Å²) >= 11 is 0. The molecular formula is C21H21N3O4. The Morgan fingerprint density at radius 3 is 2.57 bits per heavy atom. The van der Waals surface area contributed by atoms with Crippen molar-refractivity contribution in [1.29, 1.82) is 0 Å². The zero-order valence-corrected chi connectivity index (χ0v) is 15.7. The molecule has 0 saturated carbocycles. The lowest BCUT2D eigenvalue weighted by Crippen LogP contribution is -2.35. The van der Waals surface area contributed by atoms with E-state index in [2.05, 4.69) is 10.3 Å². The van der Waals surface area contributed by atoms with Crippen LogP contribution in [-0.4, -0.2) is 35.5 Å². The van der Waals surface area contributed by atoms with Crippen molar-refractivity contribution in [3.63, 3.8) is 0 Å². The molecule has 0 fully saturated rings. The number of aromatic amines is 1. The van der Waals surface area contributed by atoms with Gasteiger partial charge in [-0.15, -0.1) is 0 Å². The number of ether oxygens (including phenoxy) is 1. The Morgan fingerprint density at radius 2 is 1.82 bits per heavy atom. The van der Waals surface area contributed by atoms with Crippen molar-refractivity contribution in [1.82, 2.24) is 9.88 Å². The second-order valence-electron chi connectivity index (χ2n) is 6.19. The third kappa shape index (κ3) is 4.03. The summed E-state index contributed by atoms with van der Waals surface area (Å²) in [6.07, 6.45) is 0. The molecule has 0 aliphatic heterocycles. The summed E-state index contributed by atoms with van der Waals surface area (Å²) in [5.74, 6) is -0.528. The molecule has 0 unspecified atom stereocenters. The minimum Gasteiger partial charge on any atom is -0.465 e. The Labute approximate surface area is 161 Å². The molecule has 0 aliphatic carbocycles. The van der Waals surface area contributed by atoms with Crippen molar-refractivity contribution in [2.24, 2.45) is 0 Å². The molecule has 7 nitrogen and oxygen atoms in total. The number of H-pyrrole nitrogens is 1. The van der Waals surface area contributed by atoms with Crippen molar-refractivity contribution in [2.45, 2.75) is 13.5 Å². The molecule has 3 rings (SSSR count). The van der Waals surface area contributed by atoms with Crippen LogP contribution >= 0.6 is 0 Å². The second-order valence-corrected chi connectivity index (χ2v) is 6.19. The van der Waals surface area contributed by atoms with E-state index in [1.165, 1.54) is 13.2 Å². The molecule has 7 heteroatoms. The number of amides is 2. The monoisotopic (exact) mass is 379 g/mol. The van der Waals surface area contributed by atoms with Gasteiger partial charge in [0.25, 0.3) is 0 Å². The average Bonchev–Trinajstić information content (AvgIpc) is 2.71. The molecule has 1 aromatic heterocycles. The number of benzene rings is 2. The van der Waals surface area contributed by atoms with Gasteiger partial charge in [0, 0.05) is 30.1 Å². The van der Waals surface area contributed by atoms with Crippen LogP contribution in [0.3, 0.4) is 0 Å². The number of anilines is 1. The fraction of sp³-hybridized carbons (Fsp3) is 0.190. The SMILES string of the molecule is CCN(Cc1cc(=O)[nH]c2ccccc12)C(=O)Nc1ccccc1C(=O)OC. The van der Waals surface area contributed by atoms with E-state index in [1.54, 1.807) is 29.2 Å². The smallest absolute Gasteiger partial charge is 0.339 e. The lowest BCUT2D eigenvalue weighted by Gasteiger charge is -2.22. The van der Waals surface area contributed by atoms with E-state index in [4.69, 9.17) is 4.74 Å². The van der Waals surface area contributed by atoms with Gasteiger partial charge in [0.15, 0.2) is 0 Å². The van der Waals surface area contributed by atoms with Crippen LogP contribution in [0.1, 0.15) is 22.8 Å². The van der Waals surface area contributed by atoms with E-state index in [1.807, 2.05) is 31.2 Å². The van der Waals surface area contributed by atoms with Crippen LogP contribution in [0.4, 0.5) is 10.5 Å². The summed E-state index contributed by atoms with van der Waals surface area (Å²) in [7, 11) is 1.29. The molecule has 3 aromatic rings. The van der Waals surface area contributed by atoms with Crippen LogP contribution in [0.5, 0.6) is 0 Å². The highest BCUT2D eigenvalue weighted by atomic mass is 16.5. The Balaban J connectivity index is 1.86. The first-order chi connectivity index (χ1) is 13.5. The highest BCUT2D eigenvalue weighted by Gasteiger charge is 2.18. The normalized spacial score (nSPS) is 10.5. The fourth-order valence-electron chi connectivity index (χ4n) is 3.01. The summed E-state index contributed by atoms with van der Waals surface area (Å²) in [4.78, 5) is 41.0. The first kappa shape index (κ1) is 19.2. The second kappa shape index (κ2) is 8.39. The maximum absolute atomic E-state index is 12.8. The average molecular weight is 379 g/mol. The Morgan fingerprint density at radius 1 is 1.11 bits per heavy atom. The van der Waals surface area contributed by atoms with Crippen LogP contribution in [0.25, 0.3) is 10.9 Å². The van der Waals surface area contributed by atoms with Gasteiger partial charge in [-0.1, -0.05) is 30.3 Å². The molecule has 28 heavy (non-hydrogen) atoms.